The first kappa shape index (κ1) is 27.9. The molecule has 1 N–H and O–H groups in total. The highest BCUT2D eigenvalue weighted by atomic mass is 127. The number of carbonyl (C=O) groups is 2. The summed E-state index contributed by atoms with van der Waals surface area (Å²) in [7, 11) is 0. The molecule has 39 heavy (non-hydrogen) atoms. The van der Waals surface area contributed by atoms with Gasteiger partial charge in [-0.3, -0.25) is 0 Å². The number of hydrogen-bond donors (Lipinski definition) is 1. The fourth-order valence-electron chi connectivity index (χ4n) is 4.59. The molecule has 1 aromatic carbocycles. The van der Waals surface area contributed by atoms with E-state index in [0.717, 1.165) is 42.3 Å². The molecule has 0 bridgehead atoms. The molecule has 1 amide bonds. The second-order valence-electron chi connectivity index (χ2n) is 11.4. The van der Waals surface area contributed by atoms with E-state index < -0.39 is 23.7 Å². The summed E-state index contributed by atoms with van der Waals surface area (Å²) in [6.07, 6.45) is 9.66. The van der Waals surface area contributed by atoms with Crippen molar-refractivity contribution in [1.29, 1.82) is 0 Å². The zero-order valence-electron chi connectivity index (χ0n) is 22.4. The molecule has 0 aliphatic heterocycles. The molecule has 0 saturated heterocycles. The van der Waals surface area contributed by atoms with Crippen LogP contribution in [0.3, 0.4) is 0 Å². The predicted octanol–water partition coefficient (Wildman–Crippen LogP) is 4.52. The Morgan fingerprint density at radius 3 is 2.54 bits per heavy atom. The summed E-state index contributed by atoms with van der Waals surface area (Å²) in [5, 5.41) is 10.8. The molecule has 11 heteroatoms. The Morgan fingerprint density at radius 1 is 1.15 bits per heavy atom. The topological polar surface area (TPSA) is 114 Å². The summed E-state index contributed by atoms with van der Waals surface area (Å²) >= 11 is 2.29. The lowest BCUT2D eigenvalue weighted by Gasteiger charge is -2.27. The SMILES string of the molecule is CC(C)(C)OC(=O)N[C@@H](CC1=CC(I)[C@H](OCOn2nnc3ccccc32)C=C1)C(=O)OC(C1CC1)C1CC1. The first-order valence-electron chi connectivity index (χ1n) is 13.4. The molecule has 0 radical (unpaired) electrons. The van der Waals surface area contributed by atoms with Crippen molar-refractivity contribution in [2.75, 3.05) is 6.79 Å². The van der Waals surface area contributed by atoms with Gasteiger partial charge in [0.1, 0.15) is 28.8 Å². The molecule has 1 unspecified atom stereocenters. The van der Waals surface area contributed by atoms with Crippen LogP contribution in [0.4, 0.5) is 4.79 Å². The molecular weight excluding hydrogens is 615 g/mol. The van der Waals surface area contributed by atoms with Crippen LogP contribution >= 0.6 is 22.6 Å². The molecule has 2 saturated carbocycles. The van der Waals surface area contributed by atoms with E-state index in [4.69, 9.17) is 19.0 Å². The van der Waals surface area contributed by atoms with Crippen molar-refractivity contribution in [2.24, 2.45) is 11.8 Å². The average molecular weight is 651 g/mol. The van der Waals surface area contributed by atoms with Crippen LogP contribution in [0.15, 0.2) is 48.1 Å². The van der Waals surface area contributed by atoms with Gasteiger partial charge in [0, 0.05) is 6.42 Å². The Hall–Kier alpha value is -2.67. The minimum atomic E-state index is -0.847. The van der Waals surface area contributed by atoms with E-state index in [1.807, 2.05) is 42.5 Å². The fraction of sp³-hybridized carbons (Fsp3) is 0.571. The molecule has 3 aliphatic carbocycles. The number of alkyl carbamates (subject to hydrolysis) is 1. The third-order valence-corrected chi connectivity index (χ3v) is 7.85. The zero-order valence-corrected chi connectivity index (χ0v) is 24.6. The summed E-state index contributed by atoms with van der Waals surface area (Å²) in [5.74, 6) is 0.495. The van der Waals surface area contributed by atoms with Crippen LogP contribution in [0.2, 0.25) is 0 Å². The number of ether oxygens (including phenoxy) is 3. The van der Waals surface area contributed by atoms with Gasteiger partial charge in [0.2, 0.25) is 6.79 Å². The third kappa shape index (κ3) is 7.71. The van der Waals surface area contributed by atoms with Crippen LogP contribution in [0.5, 0.6) is 0 Å². The Kier molecular flexibility index (Phi) is 8.46. The number of hydrogen-bond acceptors (Lipinski definition) is 8. The molecule has 2 fully saturated rings. The van der Waals surface area contributed by atoms with Crippen molar-refractivity contribution in [3.63, 3.8) is 0 Å². The smallest absolute Gasteiger partial charge is 0.408 e. The van der Waals surface area contributed by atoms with Gasteiger partial charge in [-0.1, -0.05) is 57.8 Å². The zero-order chi connectivity index (χ0) is 27.6. The normalized spacial score (nSPS) is 21.9. The van der Waals surface area contributed by atoms with Gasteiger partial charge >= 0.3 is 12.1 Å². The number of nitrogens with one attached hydrogen (secondary N) is 1. The molecule has 1 heterocycles. The van der Waals surface area contributed by atoms with E-state index in [9.17, 15) is 9.59 Å². The first-order chi connectivity index (χ1) is 18.7. The summed E-state index contributed by atoms with van der Waals surface area (Å²) in [5.41, 5.74) is 1.73. The highest BCUT2D eigenvalue weighted by molar-refractivity contribution is 14.1. The summed E-state index contributed by atoms with van der Waals surface area (Å²) < 4.78 is 17.3. The lowest BCUT2D eigenvalue weighted by molar-refractivity contribution is -0.154. The molecule has 2 aromatic rings. The van der Waals surface area contributed by atoms with Crippen molar-refractivity contribution in [2.45, 2.75) is 80.7 Å². The van der Waals surface area contributed by atoms with Crippen molar-refractivity contribution >= 4 is 45.7 Å². The Bertz CT molecular complexity index is 1230. The number of allylic oxidation sites excluding steroid dienone is 1. The highest BCUT2D eigenvalue weighted by Crippen LogP contribution is 2.46. The number of nitrogens with zero attached hydrogens (tertiary/aromatic N) is 3. The van der Waals surface area contributed by atoms with E-state index in [1.54, 1.807) is 20.8 Å². The number of benzene rings is 1. The van der Waals surface area contributed by atoms with Gasteiger partial charge in [-0.2, -0.15) is 0 Å². The van der Waals surface area contributed by atoms with Crippen LogP contribution in [0.1, 0.15) is 52.9 Å². The minimum absolute atomic E-state index is 0.0100. The molecule has 0 spiro atoms. The standard InChI is InChI=1S/C28H35IN4O6/c1-28(2,3)39-27(35)30-22(26(34)38-25(18-9-10-18)19-11-12-19)15-17-8-13-24(20(29)14-17)36-16-37-33-23-7-5-4-6-21(23)31-32-33/h4-8,13-14,18-20,22,24-25H,9-12,15-16H2,1-3H3,(H,30,35)/t20?,22-,24+/m0/s1. The van der Waals surface area contributed by atoms with E-state index >= 15 is 0 Å². The summed E-state index contributed by atoms with van der Waals surface area (Å²) in [6, 6.07) is 6.67. The van der Waals surface area contributed by atoms with E-state index in [0.29, 0.717) is 18.3 Å². The van der Waals surface area contributed by atoms with Crippen molar-refractivity contribution in [3.05, 3.63) is 48.1 Å². The number of alkyl halides is 1. The average Bonchev–Trinajstić information content (AvgIpc) is 3.81. The Morgan fingerprint density at radius 2 is 1.87 bits per heavy atom. The molecule has 210 valence electrons. The maximum Gasteiger partial charge on any atom is 0.408 e. The van der Waals surface area contributed by atoms with Gasteiger partial charge in [0.25, 0.3) is 0 Å². The molecular formula is C28H35IN4O6. The third-order valence-electron chi connectivity index (χ3n) is 6.78. The van der Waals surface area contributed by atoms with Crippen molar-refractivity contribution in [3.8, 4) is 0 Å². The maximum atomic E-state index is 13.3. The van der Waals surface area contributed by atoms with Gasteiger partial charge in [-0.25, -0.2) is 9.59 Å². The molecule has 3 aliphatic rings. The highest BCUT2D eigenvalue weighted by Gasteiger charge is 2.45. The van der Waals surface area contributed by atoms with Gasteiger partial charge in [-0.15, -0.1) is 5.10 Å². The Labute approximate surface area is 241 Å². The number of para-hydroxylation sites is 1. The van der Waals surface area contributed by atoms with Crippen LogP contribution in [0, 0.1) is 11.8 Å². The fourth-order valence-corrected chi connectivity index (χ4v) is 5.50. The largest absolute Gasteiger partial charge is 0.460 e. The molecule has 3 atom stereocenters. The van der Waals surface area contributed by atoms with Crippen LogP contribution < -0.4 is 10.2 Å². The quantitative estimate of drug-likeness (QED) is 0.164. The predicted molar refractivity (Wildman–Crippen MR) is 152 cm³/mol. The molecule has 1 aromatic heterocycles. The number of aromatic nitrogens is 3. The van der Waals surface area contributed by atoms with Crippen LogP contribution in [-0.4, -0.2) is 61.8 Å². The summed E-state index contributed by atoms with van der Waals surface area (Å²) in [6.45, 7) is 5.36. The van der Waals surface area contributed by atoms with E-state index in [1.165, 1.54) is 4.85 Å². The van der Waals surface area contributed by atoms with Crippen LogP contribution in [0.25, 0.3) is 11.0 Å². The van der Waals surface area contributed by atoms with Crippen molar-refractivity contribution < 1.29 is 28.6 Å². The van der Waals surface area contributed by atoms with Gasteiger partial charge in [-0.05, 0) is 81.2 Å². The van der Waals surface area contributed by atoms with E-state index in [-0.39, 0.29) is 22.9 Å². The number of esters is 1. The van der Waals surface area contributed by atoms with Crippen LogP contribution in [-0.2, 0) is 19.0 Å². The van der Waals surface area contributed by atoms with E-state index in [2.05, 4.69) is 38.2 Å². The lowest BCUT2D eigenvalue weighted by Crippen LogP contribution is -2.45. The second-order valence-corrected chi connectivity index (χ2v) is 12.8. The lowest BCUT2D eigenvalue weighted by atomic mass is 9.98. The molecule has 5 rings (SSSR count). The summed E-state index contributed by atoms with van der Waals surface area (Å²) in [4.78, 5) is 32.9. The number of rotatable bonds is 11. The second kappa shape index (κ2) is 11.8. The number of carbonyl (C=O) groups excluding carboxylic acids is 2. The van der Waals surface area contributed by atoms with Crippen molar-refractivity contribution in [1.82, 2.24) is 20.5 Å². The maximum absolute atomic E-state index is 13.3. The first-order valence-corrected chi connectivity index (χ1v) is 14.7. The number of halogens is 1. The molecule has 10 nitrogen and oxygen atoms in total. The minimum Gasteiger partial charge on any atom is -0.460 e. The number of amides is 1. The van der Waals surface area contributed by atoms with Gasteiger partial charge in [0.05, 0.1) is 10.0 Å². The van der Waals surface area contributed by atoms with Gasteiger partial charge < -0.3 is 24.4 Å². The number of fused-ring (bicyclic) bond motifs is 1. The monoisotopic (exact) mass is 650 g/mol. The Balaban J connectivity index is 1.18. The van der Waals surface area contributed by atoms with Gasteiger partial charge in [0.15, 0.2) is 0 Å².